The fraction of sp³-hybridized carbons (Fsp3) is 0.0714. The molecular weight excluding hydrogens is 344 g/mol. The molecule has 20 heavy (non-hydrogen) atoms. The quantitative estimate of drug-likeness (QED) is 0.379. The molecule has 0 heterocycles. The van der Waals surface area contributed by atoms with Crippen LogP contribution in [0.4, 0.5) is 0 Å². The van der Waals surface area contributed by atoms with E-state index in [0.29, 0.717) is 27.4 Å². The molecule has 0 radical (unpaired) electrons. The van der Waals surface area contributed by atoms with Gasteiger partial charge in [-0.25, -0.2) is 0 Å². The SMILES string of the molecule is N/C(=N/O)c1c(Br)cccc1OCc1cccc(Cl)c1. The highest BCUT2D eigenvalue weighted by Crippen LogP contribution is 2.27. The lowest BCUT2D eigenvalue weighted by molar-refractivity contribution is 0.303. The number of amidine groups is 1. The summed E-state index contributed by atoms with van der Waals surface area (Å²) in [6.45, 7) is 0.336. The Bertz CT molecular complexity index is 647. The molecule has 6 heteroatoms. The summed E-state index contributed by atoms with van der Waals surface area (Å²) in [6, 6.07) is 12.7. The Kier molecular flexibility index (Phi) is 4.87. The van der Waals surface area contributed by atoms with E-state index in [2.05, 4.69) is 21.1 Å². The largest absolute Gasteiger partial charge is 0.488 e. The number of oxime groups is 1. The molecule has 2 rings (SSSR count). The third-order valence-corrected chi connectivity index (χ3v) is 3.52. The minimum Gasteiger partial charge on any atom is -0.488 e. The van der Waals surface area contributed by atoms with Crippen molar-refractivity contribution in [3.8, 4) is 5.75 Å². The molecule has 3 N–H and O–H groups in total. The lowest BCUT2D eigenvalue weighted by atomic mass is 10.2. The van der Waals surface area contributed by atoms with Gasteiger partial charge in [0.1, 0.15) is 12.4 Å². The van der Waals surface area contributed by atoms with Gasteiger partial charge in [-0.1, -0.05) is 35.0 Å². The van der Waals surface area contributed by atoms with Crippen LogP contribution in [0.15, 0.2) is 52.1 Å². The molecule has 0 aliphatic rings. The number of hydrogen-bond donors (Lipinski definition) is 2. The van der Waals surface area contributed by atoms with Gasteiger partial charge in [0.2, 0.25) is 0 Å². The molecule has 0 fully saturated rings. The van der Waals surface area contributed by atoms with Crippen LogP contribution in [0, 0.1) is 0 Å². The first-order valence-electron chi connectivity index (χ1n) is 5.75. The third kappa shape index (κ3) is 3.43. The molecule has 0 bridgehead atoms. The second kappa shape index (κ2) is 6.63. The van der Waals surface area contributed by atoms with Gasteiger partial charge in [-0.2, -0.15) is 0 Å². The van der Waals surface area contributed by atoms with Crippen LogP contribution >= 0.6 is 27.5 Å². The standard InChI is InChI=1S/C14H12BrClN2O2/c15-11-5-2-6-12(13(11)14(17)18-19)20-8-9-3-1-4-10(16)7-9/h1-7,19H,8H2,(H2,17,18). The summed E-state index contributed by atoms with van der Waals surface area (Å²) in [7, 11) is 0. The van der Waals surface area contributed by atoms with Crippen molar-refractivity contribution in [3.05, 3.63) is 63.1 Å². The van der Waals surface area contributed by atoms with Gasteiger partial charge < -0.3 is 15.7 Å². The molecule has 4 nitrogen and oxygen atoms in total. The number of hydrogen-bond acceptors (Lipinski definition) is 3. The van der Waals surface area contributed by atoms with Gasteiger partial charge in [-0.15, -0.1) is 0 Å². The Balaban J connectivity index is 2.24. The van der Waals surface area contributed by atoms with Gasteiger partial charge in [0.25, 0.3) is 0 Å². The maximum Gasteiger partial charge on any atom is 0.174 e. The van der Waals surface area contributed by atoms with Crippen LogP contribution in [0.1, 0.15) is 11.1 Å². The van der Waals surface area contributed by atoms with E-state index in [4.69, 9.17) is 27.3 Å². The molecule has 2 aromatic rings. The maximum atomic E-state index is 8.83. The number of halogens is 2. The predicted molar refractivity (Wildman–Crippen MR) is 82.4 cm³/mol. The van der Waals surface area contributed by atoms with Gasteiger partial charge in [0.15, 0.2) is 5.84 Å². The Morgan fingerprint density at radius 2 is 2.05 bits per heavy atom. The number of nitrogens with zero attached hydrogens (tertiary/aromatic N) is 1. The van der Waals surface area contributed by atoms with Crippen molar-refractivity contribution in [1.29, 1.82) is 0 Å². The van der Waals surface area contributed by atoms with Crippen molar-refractivity contribution in [2.45, 2.75) is 6.61 Å². The van der Waals surface area contributed by atoms with Gasteiger partial charge in [0, 0.05) is 9.50 Å². The second-order valence-corrected chi connectivity index (χ2v) is 5.31. The number of benzene rings is 2. The molecular formula is C14H12BrClN2O2. The molecule has 0 aliphatic heterocycles. The highest BCUT2D eigenvalue weighted by Gasteiger charge is 2.12. The van der Waals surface area contributed by atoms with Crippen LogP contribution < -0.4 is 10.5 Å². The number of nitrogens with two attached hydrogens (primary N) is 1. The average molecular weight is 356 g/mol. The molecule has 0 amide bonds. The molecule has 0 unspecified atom stereocenters. The average Bonchev–Trinajstić information content (AvgIpc) is 2.44. The van der Waals surface area contributed by atoms with E-state index in [9.17, 15) is 0 Å². The summed E-state index contributed by atoms with van der Waals surface area (Å²) in [5.41, 5.74) is 7.10. The number of rotatable bonds is 4. The predicted octanol–water partition coefficient (Wildman–Crippen LogP) is 3.78. The Hall–Kier alpha value is -1.72. The first-order chi connectivity index (χ1) is 9.61. The minimum absolute atomic E-state index is 0.0152. The van der Waals surface area contributed by atoms with E-state index in [1.54, 1.807) is 18.2 Å². The lowest BCUT2D eigenvalue weighted by Crippen LogP contribution is -2.15. The second-order valence-electron chi connectivity index (χ2n) is 4.02. The summed E-state index contributed by atoms with van der Waals surface area (Å²) >= 11 is 9.27. The maximum absolute atomic E-state index is 8.83. The van der Waals surface area contributed by atoms with Crippen LogP contribution in [0.3, 0.4) is 0 Å². The van der Waals surface area contributed by atoms with E-state index in [0.717, 1.165) is 5.56 Å². The zero-order valence-electron chi connectivity index (χ0n) is 10.4. The van der Waals surface area contributed by atoms with Crippen molar-refractivity contribution < 1.29 is 9.94 Å². The van der Waals surface area contributed by atoms with Gasteiger partial charge in [-0.05, 0) is 45.8 Å². The molecule has 0 spiro atoms. The van der Waals surface area contributed by atoms with E-state index >= 15 is 0 Å². The zero-order chi connectivity index (χ0) is 14.5. The third-order valence-electron chi connectivity index (χ3n) is 2.62. The zero-order valence-corrected chi connectivity index (χ0v) is 12.7. The van der Waals surface area contributed by atoms with Crippen molar-refractivity contribution >= 4 is 33.4 Å². The molecule has 0 aliphatic carbocycles. The highest BCUT2D eigenvalue weighted by atomic mass is 79.9. The smallest absolute Gasteiger partial charge is 0.174 e. The van der Waals surface area contributed by atoms with Crippen LogP contribution in [-0.4, -0.2) is 11.0 Å². The Morgan fingerprint density at radius 1 is 1.30 bits per heavy atom. The van der Waals surface area contributed by atoms with Crippen molar-refractivity contribution in [2.24, 2.45) is 10.9 Å². The molecule has 104 valence electrons. The van der Waals surface area contributed by atoms with Crippen LogP contribution in [-0.2, 0) is 6.61 Å². The summed E-state index contributed by atoms with van der Waals surface area (Å²) in [5, 5.41) is 12.5. The van der Waals surface area contributed by atoms with Gasteiger partial charge in [0.05, 0.1) is 5.56 Å². The van der Waals surface area contributed by atoms with E-state index in [1.165, 1.54) is 0 Å². The molecule has 0 aromatic heterocycles. The summed E-state index contributed by atoms with van der Waals surface area (Å²) in [5.74, 6) is 0.508. The topological polar surface area (TPSA) is 67.8 Å². The van der Waals surface area contributed by atoms with Crippen LogP contribution in [0.25, 0.3) is 0 Å². The fourth-order valence-electron chi connectivity index (χ4n) is 1.71. The summed E-state index contributed by atoms with van der Waals surface area (Å²) < 4.78 is 6.41. The van der Waals surface area contributed by atoms with Crippen LogP contribution in [0.2, 0.25) is 5.02 Å². The van der Waals surface area contributed by atoms with Crippen molar-refractivity contribution in [3.63, 3.8) is 0 Å². The first kappa shape index (κ1) is 14.7. The highest BCUT2D eigenvalue weighted by molar-refractivity contribution is 9.10. The van der Waals surface area contributed by atoms with E-state index in [-0.39, 0.29) is 5.84 Å². The van der Waals surface area contributed by atoms with Crippen LogP contribution in [0.5, 0.6) is 5.75 Å². The molecule has 0 saturated carbocycles. The normalized spacial score (nSPS) is 11.4. The first-order valence-corrected chi connectivity index (χ1v) is 6.92. The minimum atomic E-state index is -0.0152. The van der Waals surface area contributed by atoms with Gasteiger partial charge in [-0.3, -0.25) is 0 Å². The van der Waals surface area contributed by atoms with E-state index in [1.807, 2.05) is 24.3 Å². The summed E-state index contributed by atoms with van der Waals surface area (Å²) in [6.07, 6.45) is 0. The fourth-order valence-corrected chi connectivity index (χ4v) is 2.48. The molecule has 2 aromatic carbocycles. The van der Waals surface area contributed by atoms with Gasteiger partial charge >= 0.3 is 0 Å². The molecule has 0 atom stereocenters. The van der Waals surface area contributed by atoms with Crippen molar-refractivity contribution in [1.82, 2.24) is 0 Å². The monoisotopic (exact) mass is 354 g/mol. The molecule has 0 saturated heterocycles. The Labute approximate surface area is 129 Å². The van der Waals surface area contributed by atoms with Crippen molar-refractivity contribution in [2.75, 3.05) is 0 Å². The number of ether oxygens (including phenoxy) is 1. The Morgan fingerprint density at radius 3 is 2.75 bits per heavy atom. The lowest BCUT2D eigenvalue weighted by Gasteiger charge is -2.12. The van der Waals surface area contributed by atoms with E-state index < -0.39 is 0 Å². The summed E-state index contributed by atoms with van der Waals surface area (Å²) in [4.78, 5) is 0.